The fourth-order valence-electron chi connectivity index (χ4n) is 1.07. The van der Waals surface area contributed by atoms with E-state index in [2.05, 4.69) is 9.47 Å². The van der Waals surface area contributed by atoms with Gasteiger partial charge in [0.15, 0.2) is 11.5 Å². The zero-order valence-corrected chi connectivity index (χ0v) is 6.49. The monoisotopic (exact) mass is 183 g/mol. The number of carbonyl (C=O) groups excluding carboxylic acids is 1. The van der Waals surface area contributed by atoms with Crippen LogP contribution in [0.4, 0.5) is 4.39 Å². The molecule has 2 rings (SSSR count). The minimum Gasteiger partial charge on any atom is -0.425 e. The lowest BCUT2D eigenvalue weighted by molar-refractivity contribution is -0.0652. The van der Waals surface area contributed by atoms with Crippen molar-refractivity contribution >= 4 is 5.91 Å². The Morgan fingerprint density at radius 3 is 2.77 bits per heavy atom. The average Bonchev–Trinajstić information content (AvgIpc) is 2.42. The molecule has 0 saturated heterocycles. The lowest BCUT2D eigenvalue weighted by Crippen LogP contribution is -2.10. The summed E-state index contributed by atoms with van der Waals surface area (Å²) in [6, 6.07) is 4.23. The summed E-state index contributed by atoms with van der Waals surface area (Å²) in [6.45, 7) is -1.79. The molecule has 1 aliphatic heterocycles. The van der Waals surface area contributed by atoms with Crippen LogP contribution in [-0.2, 0) is 0 Å². The number of alkyl halides is 1. The lowest BCUT2D eigenvalue weighted by atomic mass is 10.2. The molecule has 2 N–H and O–H groups in total. The Morgan fingerprint density at radius 2 is 2.08 bits per heavy atom. The first-order chi connectivity index (χ1) is 6.16. The summed E-state index contributed by atoms with van der Waals surface area (Å²) in [5.74, 6) is -0.116. The van der Waals surface area contributed by atoms with E-state index in [4.69, 9.17) is 5.73 Å². The van der Waals surface area contributed by atoms with Gasteiger partial charge in [0.2, 0.25) is 5.91 Å². The van der Waals surface area contributed by atoms with Gasteiger partial charge in [0.25, 0.3) is 0 Å². The van der Waals surface area contributed by atoms with E-state index in [9.17, 15) is 9.18 Å². The summed E-state index contributed by atoms with van der Waals surface area (Å²) >= 11 is 0. The number of rotatable bonds is 1. The molecule has 68 valence electrons. The quantitative estimate of drug-likeness (QED) is 0.700. The number of hydrogen-bond acceptors (Lipinski definition) is 3. The summed E-state index contributed by atoms with van der Waals surface area (Å²) in [5, 5.41) is 0. The van der Waals surface area contributed by atoms with Crippen molar-refractivity contribution in [2.24, 2.45) is 5.73 Å². The molecule has 0 bridgehead atoms. The normalized spacial score (nSPS) is 18.7. The van der Waals surface area contributed by atoms with Crippen LogP contribution in [0, 0.1) is 0 Å². The first kappa shape index (κ1) is 7.85. The fraction of sp³-hybridized carbons (Fsp3) is 0.125. The molecular formula is C8H6FNO3. The van der Waals surface area contributed by atoms with Crippen LogP contribution in [0.25, 0.3) is 0 Å². The molecule has 1 aromatic rings. The van der Waals surface area contributed by atoms with E-state index in [0.29, 0.717) is 0 Å². The van der Waals surface area contributed by atoms with E-state index < -0.39 is 12.5 Å². The van der Waals surface area contributed by atoms with E-state index >= 15 is 0 Å². The van der Waals surface area contributed by atoms with Gasteiger partial charge in [-0.25, -0.2) is 0 Å². The molecule has 0 spiro atoms. The predicted octanol–water partition coefficient (Wildman–Crippen LogP) is 0.810. The third-order valence-electron chi connectivity index (χ3n) is 1.67. The average molecular weight is 183 g/mol. The number of amides is 1. The topological polar surface area (TPSA) is 61.6 Å². The van der Waals surface area contributed by atoms with E-state index in [-0.39, 0.29) is 17.1 Å². The number of fused-ring (bicyclic) bond motifs is 1. The number of halogens is 1. The second-order valence-corrected chi connectivity index (χ2v) is 2.54. The fourth-order valence-corrected chi connectivity index (χ4v) is 1.07. The van der Waals surface area contributed by atoms with Gasteiger partial charge in [0, 0.05) is 5.56 Å². The molecule has 1 unspecified atom stereocenters. The Bertz CT molecular complexity index is 366. The Balaban J connectivity index is 2.40. The zero-order valence-electron chi connectivity index (χ0n) is 6.49. The standard InChI is InChI=1S/C8H6FNO3/c9-8-12-5-2-1-4(7(10)11)3-6(5)13-8/h1-3,8H,(H2,10,11). The highest BCUT2D eigenvalue weighted by molar-refractivity contribution is 5.93. The van der Waals surface area contributed by atoms with Crippen molar-refractivity contribution in [3.05, 3.63) is 23.8 Å². The van der Waals surface area contributed by atoms with Gasteiger partial charge >= 0.3 is 6.54 Å². The summed E-state index contributed by atoms with van der Waals surface area (Å²) in [6.07, 6.45) is 0. The lowest BCUT2D eigenvalue weighted by Gasteiger charge is -1.96. The molecule has 1 atom stereocenters. The molecule has 1 heterocycles. The van der Waals surface area contributed by atoms with Crippen molar-refractivity contribution in [3.8, 4) is 11.5 Å². The van der Waals surface area contributed by atoms with Crippen molar-refractivity contribution in [2.45, 2.75) is 6.54 Å². The molecular weight excluding hydrogens is 177 g/mol. The Morgan fingerprint density at radius 1 is 1.38 bits per heavy atom. The van der Waals surface area contributed by atoms with Crippen LogP contribution in [0.3, 0.4) is 0 Å². The Hall–Kier alpha value is -1.78. The van der Waals surface area contributed by atoms with Gasteiger partial charge in [0.1, 0.15) is 0 Å². The van der Waals surface area contributed by atoms with Crippen LogP contribution in [0.5, 0.6) is 11.5 Å². The van der Waals surface area contributed by atoms with Crippen LogP contribution < -0.4 is 15.2 Å². The maximum absolute atomic E-state index is 12.5. The molecule has 4 nitrogen and oxygen atoms in total. The van der Waals surface area contributed by atoms with E-state index in [1.807, 2.05) is 0 Å². The third-order valence-corrected chi connectivity index (χ3v) is 1.67. The van der Waals surface area contributed by atoms with Crippen LogP contribution >= 0.6 is 0 Å². The molecule has 0 radical (unpaired) electrons. The van der Waals surface area contributed by atoms with Crippen LogP contribution in [-0.4, -0.2) is 12.5 Å². The predicted molar refractivity (Wildman–Crippen MR) is 41.1 cm³/mol. The minimum absolute atomic E-state index is 0.198. The number of hydrogen-bond donors (Lipinski definition) is 1. The molecule has 13 heavy (non-hydrogen) atoms. The SMILES string of the molecule is NC(=O)c1ccc2c(c1)OC(F)O2. The first-order valence-corrected chi connectivity index (χ1v) is 3.58. The largest absolute Gasteiger partial charge is 0.425 e. The second-order valence-electron chi connectivity index (χ2n) is 2.54. The highest BCUT2D eigenvalue weighted by Crippen LogP contribution is 2.35. The van der Waals surface area contributed by atoms with Crippen molar-refractivity contribution in [1.82, 2.24) is 0 Å². The Labute approximate surface area is 73.0 Å². The van der Waals surface area contributed by atoms with Gasteiger partial charge in [0.05, 0.1) is 0 Å². The van der Waals surface area contributed by atoms with Crippen LogP contribution in [0.15, 0.2) is 18.2 Å². The van der Waals surface area contributed by atoms with E-state index in [1.54, 1.807) is 0 Å². The highest BCUT2D eigenvalue weighted by Gasteiger charge is 2.23. The molecule has 5 heteroatoms. The second kappa shape index (κ2) is 2.62. The van der Waals surface area contributed by atoms with Crippen molar-refractivity contribution in [3.63, 3.8) is 0 Å². The van der Waals surface area contributed by atoms with Gasteiger partial charge < -0.3 is 15.2 Å². The van der Waals surface area contributed by atoms with Crippen molar-refractivity contribution < 1.29 is 18.7 Å². The van der Waals surface area contributed by atoms with Gasteiger partial charge in [-0.1, -0.05) is 0 Å². The van der Waals surface area contributed by atoms with E-state index in [0.717, 1.165) is 0 Å². The smallest absolute Gasteiger partial charge is 0.397 e. The molecule has 0 fully saturated rings. The molecule has 1 aliphatic rings. The number of carbonyl (C=O) groups is 1. The van der Waals surface area contributed by atoms with Gasteiger partial charge in [-0.15, -0.1) is 0 Å². The molecule has 0 aromatic heterocycles. The van der Waals surface area contributed by atoms with Gasteiger partial charge in [-0.3, -0.25) is 4.79 Å². The molecule has 0 saturated carbocycles. The van der Waals surface area contributed by atoms with Crippen LogP contribution in [0.1, 0.15) is 10.4 Å². The maximum Gasteiger partial charge on any atom is 0.397 e. The summed E-state index contributed by atoms with van der Waals surface area (Å²) in [5.41, 5.74) is 5.27. The zero-order chi connectivity index (χ0) is 9.42. The minimum atomic E-state index is -1.79. The van der Waals surface area contributed by atoms with Gasteiger partial charge in [-0.05, 0) is 18.2 Å². The summed E-state index contributed by atoms with van der Waals surface area (Å²) < 4.78 is 21.7. The highest BCUT2D eigenvalue weighted by atomic mass is 19.2. The number of nitrogens with two attached hydrogens (primary N) is 1. The summed E-state index contributed by atoms with van der Waals surface area (Å²) in [7, 11) is 0. The van der Waals surface area contributed by atoms with Crippen molar-refractivity contribution in [1.29, 1.82) is 0 Å². The Kier molecular flexibility index (Phi) is 1.58. The first-order valence-electron chi connectivity index (χ1n) is 3.58. The number of benzene rings is 1. The third kappa shape index (κ3) is 1.28. The maximum atomic E-state index is 12.5. The van der Waals surface area contributed by atoms with Gasteiger partial charge in [-0.2, -0.15) is 4.39 Å². The van der Waals surface area contributed by atoms with E-state index in [1.165, 1.54) is 18.2 Å². The van der Waals surface area contributed by atoms with Crippen molar-refractivity contribution in [2.75, 3.05) is 0 Å². The number of primary amides is 1. The molecule has 1 aromatic carbocycles. The molecule has 0 aliphatic carbocycles. The number of ether oxygens (including phenoxy) is 2. The summed E-state index contributed by atoms with van der Waals surface area (Å²) in [4.78, 5) is 10.7. The molecule has 1 amide bonds. The van der Waals surface area contributed by atoms with Crippen LogP contribution in [0.2, 0.25) is 0 Å².